The Morgan fingerprint density at radius 1 is 0.765 bits per heavy atom. The van der Waals surface area contributed by atoms with Crippen molar-refractivity contribution in [1.29, 1.82) is 0 Å². The fourth-order valence-electron chi connectivity index (χ4n) is 4.16. The number of ketones is 1. The Hall–Kier alpha value is -4.33. The molecule has 1 amide bonds. The molecule has 2 aromatic carbocycles. The first-order chi connectivity index (χ1) is 16.6. The van der Waals surface area contributed by atoms with Crippen LogP contribution in [-0.4, -0.2) is 62.5 Å². The summed E-state index contributed by atoms with van der Waals surface area (Å²) < 4.78 is 1.88. The first-order valence-corrected chi connectivity index (χ1v) is 11.2. The third-order valence-corrected chi connectivity index (χ3v) is 6.04. The molecule has 1 fully saturated rings. The van der Waals surface area contributed by atoms with Crippen LogP contribution in [0.2, 0.25) is 0 Å². The summed E-state index contributed by atoms with van der Waals surface area (Å²) in [5.74, 6) is 2.06. The minimum atomic E-state index is -0.147. The maximum atomic E-state index is 13.3. The van der Waals surface area contributed by atoms with E-state index in [0.29, 0.717) is 48.7 Å². The van der Waals surface area contributed by atoms with Gasteiger partial charge in [0.15, 0.2) is 17.4 Å². The van der Waals surface area contributed by atoms with Crippen LogP contribution in [0.5, 0.6) is 0 Å². The van der Waals surface area contributed by atoms with E-state index >= 15 is 0 Å². The summed E-state index contributed by atoms with van der Waals surface area (Å²) in [5.41, 5.74) is 1.43. The molecular weight excluding hydrogens is 428 g/mol. The van der Waals surface area contributed by atoms with E-state index < -0.39 is 0 Å². The van der Waals surface area contributed by atoms with Gasteiger partial charge in [-0.05, 0) is 25.1 Å². The number of hydrogen-bond acceptors (Lipinski definition) is 6. The number of anilines is 1. The van der Waals surface area contributed by atoms with E-state index in [2.05, 4.69) is 20.1 Å². The molecule has 1 aliphatic rings. The van der Waals surface area contributed by atoms with E-state index in [1.165, 1.54) is 0 Å². The number of carbonyl (C=O) groups excluding carboxylic acids is 2. The summed E-state index contributed by atoms with van der Waals surface area (Å²) in [5, 5.41) is 8.71. The third kappa shape index (κ3) is 4.17. The SMILES string of the molecule is Cc1nccn1-c1ccc(N2CCN(C(=O)c3ccccc3C(=O)c3ccccc3)CC2)nn1. The van der Waals surface area contributed by atoms with Gasteiger partial charge in [-0.15, -0.1) is 10.2 Å². The average molecular weight is 453 g/mol. The van der Waals surface area contributed by atoms with E-state index in [4.69, 9.17) is 0 Å². The molecule has 1 saturated heterocycles. The van der Waals surface area contributed by atoms with E-state index in [1.807, 2.05) is 48.0 Å². The molecule has 8 nitrogen and oxygen atoms in total. The lowest BCUT2D eigenvalue weighted by molar-refractivity contribution is 0.0742. The van der Waals surface area contributed by atoms with Gasteiger partial charge >= 0.3 is 0 Å². The highest BCUT2D eigenvalue weighted by molar-refractivity contribution is 6.15. The van der Waals surface area contributed by atoms with Gasteiger partial charge < -0.3 is 9.80 Å². The second-order valence-corrected chi connectivity index (χ2v) is 8.11. The molecule has 0 saturated carbocycles. The van der Waals surface area contributed by atoms with E-state index in [9.17, 15) is 9.59 Å². The molecular formula is C26H24N6O2. The molecule has 170 valence electrons. The molecule has 4 aromatic rings. The molecule has 0 spiro atoms. The summed E-state index contributed by atoms with van der Waals surface area (Å²) in [6.07, 6.45) is 3.58. The van der Waals surface area contributed by atoms with Gasteiger partial charge in [-0.3, -0.25) is 14.2 Å². The van der Waals surface area contributed by atoms with Gasteiger partial charge in [0.05, 0.1) is 5.56 Å². The molecule has 3 heterocycles. The van der Waals surface area contributed by atoms with Crippen molar-refractivity contribution in [2.24, 2.45) is 0 Å². The van der Waals surface area contributed by atoms with Crippen molar-refractivity contribution in [2.45, 2.75) is 6.92 Å². The Balaban J connectivity index is 1.27. The lowest BCUT2D eigenvalue weighted by Crippen LogP contribution is -2.49. The van der Waals surface area contributed by atoms with Crippen molar-refractivity contribution in [3.63, 3.8) is 0 Å². The molecule has 34 heavy (non-hydrogen) atoms. The van der Waals surface area contributed by atoms with Crippen molar-refractivity contribution in [2.75, 3.05) is 31.1 Å². The highest BCUT2D eigenvalue weighted by Gasteiger charge is 2.26. The summed E-state index contributed by atoms with van der Waals surface area (Å²) in [6.45, 7) is 4.27. The highest BCUT2D eigenvalue weighted by Crippen LogP contribution is 2.20. The van der Waals surface area contributed by atoms with Crippen LogP contribution in [0.3, 0.4) is 0 Å². The van der Waals surface area contributed by atoms with Crippen LogP contribution in [0.4, 0.5) is 5.82 Å². The third-order valence-electron chi connectivity index (χ3n) is 6.04. The van der Waals surface area contributed by atoms with Gasteiger partial charge in [-0.2, -0.15) is 0 Å². The van der Waals surface area contributed by atoms with Crippen LogP contribution in [0, 0.1) is 6.92 Å². The second kappa shape index (κ2) is 9.27. The van der Waals surface area contributed by atoms with Crippen molar-refractivity contribution in [3.05, 3.63) is 102 Å². The molecule has 0 unspecified atom stereocenters. The van der Waals surface area contributed by atoms with Crippen LogP contribution in [0.25, 0.3) is 5.82 Å². The van der Waals surface area contributed by atoms with Crippen LogP contribution >= 0.6 is 0 Å². The monoisotopic (exact) mass is 452 g/mol. The van der Waals surface area contributed by atoms with Crippen LogP contribution < -0.4 is 4.90 Å². The fourth-order valence-corrected chi connectivity index (χ4v) is 4.16. The van der Waals surface area contributed by atoms with E-state index in [-0.39, 0.29) is 11.7 Å². The number of amides is 1. The number of carbonyl (C=O) groups is 2. The standard InChI is InChI=1S/C26H24N6O2/c1-19-27-13-14-32(19)24-12-11-23(28-29-24)30-15-17-31(18-16-30)26(34)22-10-6-5-9-21(22)25(33)20-7-3-2-4-8-20/h2-14H,15-18H2,1H3. The Bertz CT molecular complexity index is 1310. The molecule has 0 aliphatic carbocycles. The number of hydrogen-bond donors (Lipinski definition) is 0. The number of piperazine rings is 1. The molecule has 0 bridgehead atoms. The molecule has 1 aliphatic heterocycles. The van der Waals surface area contributed by atoms with E-state index in [1.54, 1.807) is 47.5 Å². The van der Waals surface area contributed by atoms with Gasteiger partial charge in [0.2, 0.25) is 0 Å². The van der Waals surface area contributed by atoms with Gasteiger partial charge in [0.25, 0.3) is 5.91 Å². The van der Waals surface area contributed by atoms with Crippen molar-refractivity contribution in [1.82, 2.24) is 24.6 Å². The topological polar surface area (TPSA) is 84.2 Å². The van der Waals surface area contributed by atoms with Crippen molar-refractivity contribution < 1.29 is 9.59 Å². The quantitative estimate of drug-likeness (QED) is 0.433. The number of imidazole rings is 1. The predicted molar refractivity (Wildman–Crippen MR) is 128 cm³/mol. The Morgan fingerprint density at radius 2 is 1.41 bits per heavy atom. The van der Waals surface area contributed by atoms with Crippen molar-refractivity contribution in [3.8, 4) is 5.82 Å². The van der Waals surface area contributed by atoms with Crippen molar-refractivity contribution >= 4 is 17.5 Å². The molecule has 5 rings (SSSR count). The number of benzene rings is 2. The molecule has 0 N–H and O–H groups in total. The van der Waals surface area contributed by atoms with E-state index in [0.717, 1.165) is 11.6 Å². The fraction of sp³-hybridized carbons (Fsp3) is 0.192. The second-order valence-electron chi connectivity index (χ2n) is 8.11. The number of aromatic nitrogens is 4. The summed E-state index contributed by atoms with van der Waals surface area (Å²) >= 11 is 0. The minimum Gasteiger partial charge on any atom is -0.352 e. The average Bonchev–Trinajstić information content (AvgIpc) is 3.34. The molecule has 0 atom stereocenters. The largest absolute Gasteiger partial charge is 0.352 e. The zero-order valence-corrected chi connectivity index (χ0v) is 18.8. The van der Waals surface area contributed by atoms with Gasteiger partial charge in [-0.1, -0.05) is 48.5 Å². The summed E-state index contributed by atoms with van der Waals surface area (Å²) in [4.78, 5) is 34.5. The zero-order chi connectivity index (χ0) is 23.5. The maximum Gasteiger partial charge on any atom is 0.254 e. The van der Waals surface area contributed by atoms with Gasteiger partial charge in [0.1, 0.15) is 5.82 Å². The summed E-state index contributed by atoms with van der Waals surface area (Å²) in [6, 6.07) is 19.9. The number of aryl methyl sites for hydroxylation is 1. The Morgan fingerprint density at radius 3 is 2.06 bits per heavy atom. The first-order valence-electron chi connectivity index (χ1n) is 11.2. The zero-order valence-electron chi connectivity index (χ0n) is 18.8. The minimum absolute atomic E-state index is 0.128. The number of rotatable bonds is 5. The smallest absolute Gasteiger partial charge is 0.254 e. The van der Waals surface area contributed by atoms with Crippen LogP contribution in [0.1, 0.15) is 32.1 Å². The molecule has 0 radical (unpaired) electrons. The summed E-state index contributed by atoms with van der Waals surface area (Å²) in [7, 11) is 0. The molecule has 8 heteroatoms. The Kier molecular flexibility index (Phi) is 5.86. The first kappa shape index (κ1) is 21.5. The highest BCUT2D eigenvalue weighted by atomic mass is 16.2. The lowest BCUT2D eigenvalue weighted by Gasteiger charge is -2.35. The predicted octanol–water partition coefficient (Wildman–Crippen LogP) is 3.16. The maximum absolute atomic E-state index is 13.3. The normalized spacial score (nSPS) is 13.7. The lowest BCUT2D eigenvalue weighted by atomic mass is 9.97. The Labute approximate surface area is 197 Å². The van der Waals surface area contributed by atoms with Crippen LogP contribution in [0.15, 0.2) is 79.1 Å². The van der Waals surface area contributed by atoms with Gasteiger partial charge in [0, 0.05) is 49.7 Å². The number of nitrogens with zero attached hydrogens (tertiary/aromatic N) is 6. The molecule has 2 aromatic heterocycles. The van der Waals surface area contributed by atoms with Gasteiger partial charge in [-0.25, -0.2) is 4.98 Å². The van der Waals surface area contributed by atoms with Crippen LogP contribution in [-0.2, 0) is 0 Å².